The lowest BCUT2D eigenvalue weighted by Crippen LogP contribution is -2.38. The number of hydrogen-bond acceptors (Lipinski definition) is 6. The van der Waals surface area contributed by atoms with Gasteiger partial charge in [-0.2, -0.15) is 0 Å². The van der Waals surface area contributed by atoms with E-state index in [-0.39, 0.29) is 11.3 Å². The van der Waals surface area contributed by atoms with Gasteiger partial charge >= 0.3 is 0 Å². The number of unbranched alkanes of at least 4 members (excludes halogenated alkanes) is 1. The minimum atomic E-state index is -0.717. The molecular formula is C28H36N2O5. The van der Waals surface area contributed by atoms with Crippen LogP contribution in [0.4, 0.5) is 0 Å². The smallest absolute Gasteiger partial charge is 0.295 e. The highest BCUT2D eigenvalue weighted by Crippen LogP contribution is 2.40. The van der Waals surface area contributed by atoms with Gasteiger partial charge in [-0.05, 0) is 49.3 Å². The number of likely N-dealkylation sites (N-methyl/N-ethyl adjacent to an activating group) is 1. The first-order valence-corrected chi connectivity index (χ1v) is 12.3. The number of carbonyl (C=O) groups excluding carboxylic acids is 2. The molecule has 1 amide bonds. The van der Waals surface area contributed by atoms with Gasteiger partial charge in [-0.25, -0.2) is 0 Å². The number of hydrogen-bond donors (Lipinski definition) is 1. The number of benzene rings is 2. The van der Waals surface area contributed by atoms with E-state index in [9.17, 15) is 14.7 Å². The van der Waals surface area contributed by atoms with E-state index in [4.69, 9.17) is 9.47 Å². The molecule has 35 heavy (non-hydrogen) atoms. The number of aliphatic hydroxyl groups is 1. The highest BCUT2D eigenvalue weighted by molar-refractivity contribution is 6.46. The van der Waals surface area contributed by atoms with Crippen LogP contribution in [0.25, 0.3) is 5.76 Å². The minimum Gasteiger partial charge on any atom is -0.507 e. The summed E-state index contributed by atoms with van der Waals surface area (Å²) in [6, 6.07) is 13.6. The van der Waals surface area contributed by atoms with Crippen LogP contribution < -0.4 is 9.47 Å². The van der Waals surface area contributed by atoms with Gasteiger partial charge in [-0.15, -0.1) is 0 Å². The van der Waals surface area contributed by atoms with Crippen LogP contribution in [0.3, 0.4) is 0 Å². The molecular weight excluding hydrogens is 444 g/mol. The van der Waals surface area contributed by atoms with Gasteiger partial charge in [-0.3, -0.25) is 9.59 Å². The van der Waals surface area contributed by atoms with E-state index in [0.29, 0.717) is 42.3 Å². The summed E-state index contributed by atoms with van der Waals surface area (Å²) in [6.45, 7) is 9.46. The Balaban J connectivity index is 2.06. The third-order valence-electron chi connectivity index (χ3n) is 6.38. The number of Topliss-reactive ketones (excluding diaryl/α,β-unsaturated/α-hetero) is 1. The molecule has 1 unspecified atom stereocenters. The molecule has 0 bridgehead atoms. The summed E-state index contributed by atoms with van der Waals surface area (Å²) in [5.74, 6) is -0.282. The number of rotatable bonds is 12. The molecule has 1 saturated heterocycles. The number of amides is 1. The molecule has 2 aromatic carbocycles. The van der Waals surface area contributed by atoms with Crippen molar-refractivity contribution in [2.75, 3.05) is 39.9 Å². The van der Waals surface area contributed by atoms with Crippen LogP contribution in [0.1, 0.15) is 50.8 Å². The van der Waals surface area contributed by atoms with Crippen molar-refractivity contribution < 1.29 is 24.2 Å². The Bertz CT molecular complexity index is 1060. The average molecular weight is 481 g/mol. The predicted octanol–water partition coefficient (Wildman–Crippen LogP) is 4.64. The molecule has 1 aliphatic rings. The number of carbonyl (C=O) groups is 2. The number of likely N-dealkylation sites (tertiary alicyclic amines) is 1. The Morgan fingerprint density at radius 1 is 1.03 bits per heavy atom. The van der Waals surface area contributed by atoms with Gasteiger partial charge < -0.3 is 24.4 Å². The molecule has 1 aliphatic heterocycles. The van der Waals surface area contributed by atoms with Crippen molar-refractivity contribution >= 4 is 17.4 Å². The first-order chi connectivity index (χ1) is 16.9. The van der Waals surface area contributed by atoms with E-state index < -0.39 is 17.7 Å². The minimum absolute atomic E-state index is 0.0773. The summed E-state index contributed by atoms with van der Waals surface area (Å²) in [5.41, 5.74) is 1.22. The first-order valence-electron chi connectivity index (χ1n) is 12.3. The number of methoxy groups -OCH3 is 1. The standard InChI is InChI=1S/C28H36N2O5/c1-5-8-17-35-23-14-10-12-21(19-23)26(31)24-25(20-11-9-13-22(18-20)34-4)30(28(33)27(24)32)16-15-29(6-2)7-3/h9-14,18-19,25,31H,5-8,15-17H2,1-4H3. The van der Waals surface area contributed by atoms with E-state index in [1.165, 1.54) is 0 Å². The highest BCUT2D eigenvalue weighted by Gasteiger charge is 2.46. The van der Waals surface area contributed by atoms with Gasteiger partial charge in [0, 0.05) is 18.7 Å². The van der Waals surface area contributed by atoms with Crippen LogP contribution in [0.2, 0.25) is 0 Å². The van der Waals surface area contributed by atoms with Gasteiger partial charge in [0.2, 0.25) is 0 Å². The van der Waals surface area contributed by atoms with Crippen molar-refractivity contribution in [3.8, 4) is 11.5 Å². The van der Waals surface area contributed by atoms with E-state index >= 15 is 0 Å². The third-order valence-corrected chi connectivity index (χ3v) is 6.38. The highest BCUT2D eigenvalue weighted by atomic mass is 16.5. The SMILES string of the molecule is CCCCOc1cccc(C(O)=C2C(=O)C(=O)N(CCN(CC)CC)C2c2cccc(OC)c2)c1. The fourth-order valence-corrected chi connectivity index (χ4v) is 4.28. The molecule has 1 fully saturated rings. The van der Waals surface area contributed by atoms with Gasteiger partial charge in [0.15, 0.2) is 0 Å². The van der Waals surface area contributed by atoms with Crippen LogP contribution in [-0.2, 0) is 9.59 Å². The van der Waals surface area contributed by atoms with Crippen molar-refractivity contribution in [1.82, 2.24) is 9.80 Å². The predicted molar refractivity (Wildman–Crippen MR) is 137 cm³/mol. The van der Waals surface area contributed by atoms with E-state index in [2.05, 4.69) is 25.7 Å². The third kappa shape index (κ3) is 6.03. The summed E-state index contributed by atoms with van der Waals surface area (Å²) in [4.78, 5) is 30.2. The molecule has 3 rings (SSSR count). The zero-order valence-electron chi connectivity index (χ0n) is 21.1. The molecule has 0 radical (unpaired) electrons. The lowest BCUT2D eigenvalue weighted by atomic mass is 9.95. The zero-order valence-corrected chi connectivity index (χ0v) is 21.1. The maximum Gasteiger partial charge on any atom is 0.295 e. The van der Waals surface area contributed by atoms with Gasteiger partial charge in [0.1, 0.15) is 17.3 Å². The van der Waals surface area contributed by atoms with Crippen molar-refractivity contribution in [3.05, 3.63) is 65.2 Å². The second kappa shape index (κ2) is 12.4. The fourth-order valence-electron chi connectivity index (χ4n) is 4.28. The maximum absolute atomic E-state index is 13.3. The summed E-state index contributed by atoms with van der Waals surface area (Å²) < 4.78 is 11.2. The van der Waals surface area contributed by atoms with Gasteiger partial charge in [-0.1, -0.05) is 51.5 Å². The lowest BCUT2D eigenvalue weighted by Gasteiger charge is -2.28. The Morgan fingerprint density at radius 2 is 1.74 bits per heavy atom. The number of ketones is 1. The Morgan fingerprint density at radius 3 is 2.43 bits per heavy atom. The largest absolute Gasteiger partial charge is 0.507 e. The van der Waals surface area contributed by atoms with Crippen LogP contribution >= 0.6 is 0 Å². The number of nitrogens with zero attached hydrogens (tertiary/aromatic N) is 2. The molecule has 0 spiro atoms. The van der Waals surface area contributed by atoms with E-state index in [1.54, 1.807) is 36.3 Å². The van der Waals surface area contributed by atoms with E-state index in [1.807, 2.05) is 24.3 Å². The Labute approximate surface area is 207 Å². The zero-order chi connectivity index (χ0) is 25.4. The normalized spacial score (nSPS) is 17.3. The van der Waals surface area contributed by atoms with Crippen molar-refractivity contribution in [3.63, 3.8) is 0 Å². The van der Waals surface area contributed by atoms with Crippen LogP contribution in [0.15, 0.2) is 54.1 Å². The van der Waals surface area contributed by atoms with Crippen LogP contribution in [0.5, 0.6) is 11.5 Å². The quantitative estimate of drug-likeness (QED) is 0.206. The second-order valence-electron chi connectivity index (χ2n) is 8.53. The molecule has 7 nitrogen and oxygen atoms in total. The molecule has 188 valence electrons. The molecule has 1 heterocycles. The fraction of sp³-hybridized carbons (Fsp3) is 0.429. The number of aliphatic hydroxyl groups excluding tert-OH is 1. The average Bonchev–Trinajstić information content (AvgIpc) is 3.14. The summed E-state index contributed by atoms with van der Waals surface area (Å²) in [6.07, 6.45) is 1.93. The van der Waals surface area contributed by atoms with Crippen molar-refractivity contribution in [2.45, 2.75) is 39.7 Å². The molecule has 1 atom stereocenters. The van der Waals surface area contributed by atoms with E-state index in [0.717, 1.165) is 25.9 Å². The van der Waals surface area contributed by atoms with Gasteiger partial charge in [0.05, 0.1) is 25.3 Å². The Hall–Kier alpha value is -3.32. The molecule has 1 N–H and O–H groups in total. The van der Waals surface area contributed by atoms with Crippen molar-refractivity contribution in [1.29, 1.82) is 0 Å². The molecule has 0 aliphatic carbocycles. The summed E-state index contributed by atoms with van der Waals surface area (Å²) >= 11 is 0. The molecule has 2 aromatic rings. The van der Waals surface area contributed by atoms with Crippen LogP contribution in [0, 0.1) is 0 Å². The maximum atomic E-state index is 13.3. The second-order valence-corrected chi connectivity index (χ2v) is 8.53. The topological polar surface area (TPSA) is 79.3 Å². The molecule has 0 saturated carbocycles. The molecule has 0 aromatic heterocycles. The van der Waals surface area contributed by atoms with Crippen LogP contribution in [-0.4, -0.2) is 66.5 Å². The Kier molecular flexibility index (Phi) is 9.32. The number of ether oxygens (including phenoxy) is 2. The first kappa shape index (κ1) is 26.3. The summed E-state index contributed by atoms with van der Waals surface area (Å²) in [5, 5.41) is 11.3. The van der Waals surface area contributed by atoms with Crippen molar-refractivity contribution in [2.24, 2.45) is 0 Å². The summed E-state index contributed by atoms with van der Waals surface area (Å²) in [7, 11) is 1.57. The molecule has 7 heteroatoms. The monoisotopic (exact) mass is 480 g/mol. The van der Waals surface area contributed by atoms with Gasteiger partial charge in [0.25, 0.3) is 11.7 Å². The lowest BCUT2D eigenvalue weighted by molar-refractivity contribution is -0.140.